The van der Waals surface area contributed by atoms with Crippen molar-refractivity contribution in [3.63, 3.8) is 0 Å². The molecular weight excluding hydrogens is 266 g/mol. The summed E-state index contributed by atoms with van der Waals surface area (Å²) in [6.07, 6.45) is 5.08. The average Bonchev–Trinajstić information content (AvgIpc) is 2.83. The second-order valence-corrected chi connectivity index (χ2v) is 5.26. The van der Waals surface area contributed by atoms with Crippen LogP contribution in [0.2, 0.25) is 5.02 Å². The van der Waals surface area contributed by atoms with Crippen LogP contribution in [0.1, 0.15) is 36.8 Å². The molecule has 1 aromatic rings. The largest absolute Gasteiger partial charge is 0.504 e. The zero-order valence-corrected chi connectivity index (χ0v) is 11.8. The van der Waals surface area contributed by atoms with Crippen LogP contribution in [0, 0.1) is 6.92 Å². The number of benzene rings is 1. The highest BCUT2D eigenvalue weighted by Crippen LogP contribution is 2.51. The summed E-state index contributed by atoms with van der Waals surface area (Å²) >= 11 is 6.13. The first-order valence-corrected chi connectivity index (χ1v) is 6.59. The van der Waals surface area contributed by atoms with Crippen molar-refractivity contribution in [2.45, 2.75) is 38.1 Å². The maximum absolute atomic E-state index is 10.8. The van der Waals surface area contributed by atoms with Crippen LogP contribution in [-0.2, 0) is 10.3 Å². The van der Waals surface area contributed by atoms with E-state index in [2.05, 4.69) is 4.99 Å². The maximum Gasteiger partial charge on any atom is 0.235 e. The van der Waals surface area contributed by atoms with Gasteiger partial charge in [0, 0.05) is 16.7 Å². The van der Waals surface area contributed by atoms with Crippen molar-refractivity contribution in [2.75, 3.05) is 7.11 Å². The van der Waals surface area contributed by atoms with Gasteiger partial charge in [-0.2, -0.15) is 4.99 Å². The summed E-state index contributed by atoms with van der Waals surface area (Å²) in [4.78, 5) is 14.8. The van der Waals surface area contributed by atoms with Gasteiger partial charge in [-0.3, -0.25) is 0 Å². The molecule has 19 heavy (non-hydrogen) atoms. The van der Waals surface area contributed by atoms with E-state index in [1.807, 2.05) is 6.92 Å². The number of aromatic hydroxyl groups is 1. The molecule has 1 fully saturated rings. The molecule has 4 nitrogen and oxygen atoms in total. The van der Waals surface area contributed by atoms with Crippen molar-refractivity contribution in [1.29, 1.82) is 0 Å². The normalized spacial score (nSPS) is 17.0. The number of ether oxygens (including phenoxy) is 1. The molecule has 0 radical (unpaired) electrons. The Hall–Kier alpha value is -1.51. The molecule has 0 amide bonds. The van der Waals surface area contributed by atoms with Crippen molar-refractivity contribution >= 4 is 17.7 Å². The lowest BCUT2D eigenvalue weighted by atomic mass is 9.84. The predicted molar refractivity (Wildman–Crippen MR) is 72.7 cm³/mol. The second kappa shape index (κ2) is 5.24. The third-order valence-electron chi connectivity index (χ3n) is 3.82. The number of phenols is 1. The van der Waals surface area contributed by atoms with Gasteiger partial charge in [-0.25, -0.2) is 4.79 Å². The fraction of sp³-hybridized carbons (Fsp3) is 0.500. The Morgan fingerprint density at radius 2 is 2.11 bits per heavy atom. The molecule has 1 aliphatic rings. The fourth-order valence-electron chi connectivity index (χ4n) is 2.94. The minimum atomic E-state index is -0.667. The van der Waals surface area contributed by atoms with E-state index in [4.69, 9.17) is 16.3 Å². The molecule has 1 N–H and O–H groups in total. The molecule has 2 rings (SSSR count). The molecule has 0 bridgehead atoms. The van der Waals surface area contributed by atoms with Gasteiger partial charge in [0.05, 0.1) is 7.11 Å². The van der Waals surface area contributed by atoms with Crippen molar-refractivity contribution < 1.29 is 14.6 Å². The van der Waals surface area contributed by atoms with Crippen LogP contribution in [-0.4, -0.2) is 18.3 Å². The SMILES string of the molecule is COc1c(O)cc(Cl)c(C)c1C1(N=C=O)CCCC1. The van der Waals surface area contributed by atoms with E-state index < -0.39 is 5.54 Å². The lowest BCUT2D eigenvalue weighted by Gasteiger charge is -2.28. The molecule has 0 atom stereocenters. The monoisotopic (exact) mass is 281 g/mol. The number of halogens is 1. The Balaban J connectivity index is 2.75. The van der Waals surface area contributed by atoms with E-state index in [9.17, 15) is 9.90 Å². The number of rotatable bonds is 3. The van der Waals surface area contributed by atoms with E-state index in [1.54, 1.807) is 6.08 Å². The van der Waals surface area contributed by atoms with Gasteiger partial charge in [0.25, 0.3) is 0 Å². The van der Waals surface area contributed by atoms with Crippen LogP contribution < -0.4 is 4.74 Å². The molecule has 0 saturated heterocycles. The topological polar surface area (TPSA) is 58.9 Å². The third kappa shape index (κ3) is 2.22. The first-order chi connectivity index (χ1) is 9.05. The second-order valence-electron chi connectivity index (χ2n) is 4.85. The Labute approximate surface area is 117 Å². The number of carbonyl (C=O) groups excluding carboxylic acids is 1. The first-order valence-electron chi connectivity index (χ1n) is 6.21. The van der Waals surface area contributed by atoms with Gasteiger partial charge in [-0.1, -0.05) is 24.4 Å². The van der Waals surface area contributed by atoms with Crippen LogP contribution in [0.4, 0.5) is 0 Å². The molecule has 5 heteroatoms. The number of hydrogen-bond donors (Lipinski definition) is 1. The lowest BCUT2D eigenvalue weighted by molar-refractivity contribution is 0.348. The molecule has 0 aliphatic heterocycles. The number of nitrogens with zero attached hydrogens (tertiary/aromatic N) is 1. The average molecular weight is 282 g/mol. The van der Waals surface area contributed by atoms with Gasteiger partial charge in [-0.05, 0) is 25.3 Å². The molecule has 1 aromatic carbocycles. The minimum Gasteiger partial charge on any atom is -0.504 e. The van der Waals surface area contributed by atoms with Crippen LogP contribution in [0.25, 0.3) is 0 Å². The van der Waals surface area contributed by atoms with Crippen LogP contribution in [0.3, 0.4) is 0 Å². The van der Waals surface area contributed by atoms with E-state index in [-0.39, 0.29) is 5.75 Å². The number of methoxy groups -OCH3 is 1. The predicted octanol–water partition coefficient (Wildman–Crippen LogP) is 3.47. The summed E-state index contributed by atoms with van der Waals surface area (Å²) in [7, 11) is 1.49. The molecule has 0 heterocycles. The lowest BCUT2D eigenvalue weighted by Crippen LogP contribution is -2.21. The molecule has 0 spiro atoms. The first kappa shape index (κ1) is 13.9. The van der Waals surface area contributed by atoms with Crippen molar-refractivity contribution in [3.8, 4) is 11.5 Å². The zero-order chi connectivity index (χ0) is 14.0. The Morgan fingerprint density at radius 1 is 1.47 bits per heavy atom. The minimum absolute atomic E-state index is 0.0273. The zero-order valence-electron chi connectivity index (χ0n) is 11.0. The number of isocyanates is 1. The quantitative estimate of drug-likeness (QED) is 0.682. The number of aliphatic imine (C=N–C) groups is 1. The van der Waals surface area contributed by atoms with Gasteiger partial charge < -0.3 is 9.84 Å². The molecule has 0 aromatic heterocycles. The van der Waals surface area contributed by atoms with Crippen LogP contribution in [0.5, 0.6) is 11.5 Å². The highest BCUT2D eigenvalue weighted by atomic mass is 35.5. The molecule has 1 saturated carbocycles. The summed E-state index contributed by atoms with van der Waals surface area (Å²) in [5.41, 5.74) is 0.831. The highest BCUT2D eigenvalue weighted by molar-refractivity contribution is 6.31. The third-order valence-corrected chi connectivity index (χ3v) is 4.21. The molecule has 1 aliphatic carbocycles. The Bertz CT molecular complexity index is 544. The maximum atomic E-state index is 10.8. The summed E-state index contributed by atoms with van der Waals surface area (Å²) < 4.78 is 5.30. The van der Waals surface area contributed by atoms with E-state index in [0.717, 1.165) is 31.2 Å². The van der Waals surface area contributed by atoms with Crippen LogP contribution >= 0.6 is 11.6 Å². The van der Waals surface area contributed by atoms with E-state index in [0.29, 0.717) is 16.3 Å². The molecule has 102 valence electrons. The van der Waals surface area contributed by atoms with Crippen LogP contribution in [0.15, 0.2) is 11.1 Å². The molecular formula is C14H16ClNO3. The highest BCUT2D eigenvalue weighted by Gasteiger charge is 2.40. The van der Waals surface area contributed by atoms with Gasteiger partial charge in [0.15, 0.2) is 11.5 Å². The summed E-state index contributed by atoms with van der Waals surface area (Å²) in [6, 6.07) is 1.45. The van der Waals surface area contributed by atoms with Gasteiger partial charge in [0.1, 0.15) is 5.54 Å². The van der Waals surface area contributed by atoms with Crippen molar-refractivity contribution in [2.24, 2.45) is 4.99 Å². The van der Waals surface area contributed by atoms with Gasteiger partial charge in [0.2, 0.25) is 6.08 Å². The van der Waals surface area contributed by atoms with E-state index in [1.165, 1.54) is 13.2 Å². The van der Waals surface area contributed by atoms with E-state index >= 15 is 0 Å². The molecule has 0 unspecified atom stereocenters. The number of phenolic OH excluding ortho intramolecular Hbond substituents is 1. The van der Waals surface area contributed by atoms with Crippen molar-refractivity contribution in [1.82, 2.24) is 0 Å². The standard InChI is InChI=1S/C14H16ClNO3/c1-9-10(15)7-11(18)13(19-2)12(9)14(16-8-17)5-3-4-6-14/h7,18H,3-6H2,1-2H3. The smallest absolute Gasteiger partial charge is 0.235 e. The van der Waals surface area contributed by atoms with Crippen molar-refractivity contribution in [3.05, 3.63) is 22.2 Å². The van der Waals surface area contributed by atoms with Gasteiger partial charge >= 0.3 is 0 Å². The van der Waals surface area contributed by atoms with Gasteiger partial charge in [-0.15, -0.1) is 0 Å². The summed E-state index contributed by atoms with van der Waals surface area (Å²) in [6.45, 7) is 1.85. The Morgan fingerprint density at radius 3 is 2.63 bits per heavy atom. The fourth-order valence-corrected chi connectivity index (χ4v) is 3.14. The Kier molecular flexibility index (Phi) is 3.83. The summed E-state index contributed by atoms with van der Waals surface area (Å²) in [5.74, 6) is 0.322. The summed E-state index contributed by atoms with van der Waals surface area (Å²) in [5, 5.41) is 10.4. The number of hydrogen-bond acceptors (Lipinski definition) is 4.